The molecule has 1 N–H and O–H groups in total. The molecule has 3 rings (SSSR count). The average molecular weight is 299 g/mol. The highest BCUT2D eigenvalue weighted by atomic mass is 16.5. The van der Waals surface area contributed by atoms with Crippen molar-refractivity contribution in [2.45, 2.75) is 33.1 Å². The van der Waals surface area contributed by atoms with Gasteiger partial charge in [-0.2, -0.15) is 0 Å². The Morgan fingerprint density at radius 3 is 2.77 bits per heavy atom. The largest absolute Gasteiger partial charge is 0.370 e. The zero-order chi connectivity index (χ0) is 15.5. The number of hydrogen-bond donors (Lipinski definition) is 1. The quantitative estimate of drug-likeness (QED) is 0.940. The summed E-state index contributed by atoms with van der Waals surface area (Å²) in [5, 5.41) is 6.98. The van der Waals surface area contributed by atoms with E-state index in [-0.39, 0.29) is 5.91 Å². The van der Waals surface area contributed by atoms with Crippen LogP contribution in [-0.4, -0.2) is 24.2 Å². The standard InChI is InChI=1S/C17H21N3O2/c1-3-13-16(12(2)22-19-13)17(21)18-14-8-4-5-9-15(14)20-10-6-7-11-20/h4-5,8-9H,3,6-7,10-11H2,1-2H3,(H,18,21). The first-order valence-electron chi connectivity index (χ1n) is 7.81. The van der Waals surface area contributed by atoms with Crippen LogP contribution < -0.4 is 10.2 Å². The number of para-hydroxylation sites is 2. The van der Waals surface area contributed by atoms with E-state index in [9.17, 15) is 4.79 Å². The highest BCUT2D eigenvalue weighted by Gasteiger charge is 2.21. The van der Waals surface area contributed by atoms with Crippen molar-refractivity contribution in [2.24, 2.45) is 0 Å². The van der Waals surface area contributed by atoms with Crippen molar-refractivity contribution in [3.63, 3.8) is 0 Å². The Morgan fingerprint density at radius 2 is 2.05 bits per heavy atom. The van der Waals surface area contributed by atoms with Crippen LogP contribution in [0, 0.1) is 6.92 Å². The molecule has 0 bridgehead atoms. The van der Waals surface area contributed by atoms with E-state index in [1.807, 2.05) is 25.1 Å². The van der Waals surface area contributed by atoms with Gasteiger partial charge in [0.05, 0.1) is 17.1 Å². The first-order valence-corrected chi connectivity index (χ1v) is 7.81. The normalized spacial score (nSPS) is 14.4. The second-order valence-electron chi connectivity index (χ2n) is 5.58. The Morgan fingerprint density at radius 1 is 1.32 bits per heavy atom. The van der Waals surface area contributed by atoms with Crippen LogP contribution in [0.3, 0.4) is 0 Å². The van der Waals surface area contributed by atoms with Crippen molar-refractivity contribution in [3.8, 4) is 0 Å². The van der Waals surface area contributed by atoms with E-state index in [4.69, 9.17) is 4.52 Å². The van der Waals surface area contributed by atoms with Crippen molar-refractivity contribution in [3.05, 3.63) is 41.3 Å². The third-order valence-corrected chi connectivity index (χ3v) is 4.09. The molecule has 1 amide bonds. The molecule has 5 nitrogen and oxygen atoms in total. The molecule has 0 unspecified atom stereocenters. The molecule has 22 heavy (non-hydrogen) atoms. The van der Waals surface area contributed by atoms with Crippen LogP contribution in [0.5, 0.6) is 0 Å². The lowest BCUT2D eigenvalue weighted by Crippen LogP contribution is -2.21. The van der Waals surface area contributed by atoms with Gasteiger partial charge < -0.3 is 14.7 Å². The molecule has 1 aromatic heterocycles. The van der Waals surface area contributed by atoms with Gasteiger partial charge in [0.25, 0.3) is 5.91 Å². The minimum atomic E-state index is -0.151. The lowest BCUT2D eigenvalue weighted by Gasteiger charge is -2.21. The summed E-state index contributed by atoms with van der Waals surface area (Å²) in [4.78, 5) is 14.9. The molecule has 0 atom stereocenters. The van der Waals surface area contributed by atoms with Crippen LogP contribution in [0.25, 0.3) is 0 Å². The van der Waals surface area contributed by atoms with Crippen molar-refractivity contribution < 1.29 is 9.32 Å². The predicted octanol–water partition coefficient (Wildman–Crippen LogP) is 3.40. The number of carbonyl (C=O) groups is 1. The fourth-order valence-corrected chi connectivity index (χ4v) is 2.95. The number of aryl methyl sites for hydroxylation is 2. The summed E-state index contributed by atoms with van der Waals surface area (Å²) in [5.74, 6) is 0.412. The summed E-state index contributed by atoms with van der Waals surface area (Å²) >= 11 is 0. The molecule has 0 radical (unpaired) electrons. The topological polar surface area (TPSA) is 58.4 Å². The Labute approximate surface area is 130 Å². The molecule has 5 heteroatoms. The number of aromatic nitrogens is 1. The van der Waals surface area contributed by atoms with Gasteiger partial charge in [0.1, 0.15) is 11.3 Å². The molecule has 1 fully saturated rings. The lowest BCUT2D eigenvalue weighted by molar-refractivity contribution is 0.102. The molecule has 1 aliphatic rings. The number of nitrogens with zero attached hydrogens (tertiary/aromatic N) is 2. The summed E-state index contributed by atoms with van der Waals surface area (Å²) in [5.41, 5.74) is 3.19. The Bertz CT molecular complexity index is 672. The first kappa shape index (κ1) is 14.6. The van der Waals surface area contributed by atoms with E-state index in [1.54, 1.807) is 6.92 Å². The fraction of sp³-hybridized carbons (Fsp3) is 0.412. The van der Waals surface area contributed by atoms with Crippen LogP contribution in [0.2, 0.25) is 0 Å². The van der Waals surface area contributed by atoms with Gasteiger partial charge in [0.15, 0.2) is 0 Å². The lowest BCUT2D eigenvalue weighted by atomic mass is 10.1. The summed E-state index contributed by atoms with van der Waals surface area (Å²) in [6, 6.07) is 7.95. The average Bonchev–Trinajstić information content (AvgIpc) is 3.17. The molecule has 116 valence electrons. The van der Waals surface area contributed by atoms with Crippen molar-refractivity contribution in [1.29, 1.82) is 0 Å². The van der Waals surface area contributed by atoms with Gasteiger partial charge >= 0.3 is 0 Å². The van der Waals surface area contributed by atoms with Crippen molar-refractivity contribution in [1.82, 2.24) is 5.16 Å². The summed E-state index contributed by atoms with van der Waals surface area (Å²) < 4.78 is 5.15. The van der Waals surface area contributed by atoms with E-state index >= 15 is 0 Å². The van der Waals surface area contributed by atoms with Crippen molar-refractivity contribution in [2.75, 3.05) is 23.3 Å². The molecule has 2 aromatic rings. The molecule has 2 heterocycles. The number of carbonyl (C=O) groups excluding carboxylic acids is 1. The third kappa shape index (κ3) is 2.71. The maximum absolute atomic E-state index is 12.6. The van der Waals surface area contributed by atoms with Crippen LogP contribution >= 0.6 is 0 Å². The molecule has 0 spiro atoms. The number of nitrogens with one attached hydrogen (secondary N) is 1. The summed E-state index contributed by atoms with van der Waals surface area (Å²) in [7, 11) is 0. The highest BCUT2D eigenvalue weighted by molar-refractivity contribution is 6.07. The van der Waals surface area contributed by atoms with E-state index in [1.165, 1.54) is 12.8 Å². The molecule has 1 aromatic carbocycles. The van der Waals surface area contributed by atoms with E-state index in [2.05, 4.69) is 21.4 Å². The second kappa shape index (κ2) is 6.22. The maximum atomic E-state index is 12.6. The minimum absolute atomic E-state index is 0.151. The molecule has 0 saturated carbocycles. The molecular weight excluding hydrogens is 278 g/mol. The predicted molar refractivity (Wildman–Crippen MR) is 86.5 cm³/mol. The van der Waals surface area contributed by atoms with E-state index in [0.29, 0.717) is 23.4 Å². The third-order valence-electron chi connectivity index (χ3n) is 4.09. The Balaban J connectivity index is 1.87. The van der Waals surface area contributed by atoms with Gasteiger partial charge in [-0.15, -0.1) is 0 Å². The second-order valence-corrected chi connectivity index (χ2v) is 5.58. The number of rotatable bonds is 4. The fourth-order valence-electron chi connectivity index (χ4n) is 2.95. The van der Waals surface area contributed by atoms with Gasteiger partial charge in [-0.05, 0) is 38.3 Å². The maximum Gasteiger partial charge on any atom is 0.261 e. The Hall–Kier alpha value is -2.30. The van der Waals surface area contributed by atoms with Crippen molar-refractivity contribution >= 4 is 17.3 Å². The van der Waals surface area contributed by atoms with Gasteiger partial charge in [-0.1, -0.05) is 24.2 Å². The molecule has 1 saturated heterocycles. The van der Waals surface area contributed by atoms with E-state index in [0.717, 1.165) is 24.5 Å². The van der Waals surface area contributed by atoms with Crippen LogP contribution in [0.15, 0.2) is 28.8 Å². The summed E-state index contributed by atoms with van der Waals surface area (Å²) in [6.07, 6.45) is 3.08. The Kier molecular flexibility index (Phi) is 4.13. The van der Waals surface area contributed by atoms with Gasteiger partial charge in [0.2, 0.25) is 0 Å². The highest BCUT2D eigenvalue weighted by Crippen LogP contribution is 2.29. The molecular formula is C17H21N3O2. The molecule has 0 aliphatic carbocycles. The molecule has 1 aliphatic heterocycles. The SMILES string of the molecule is CCc1noc(C)c1C(=O)Nc1ccccc1N1CCCC1. The number of benzene rings is 1. The number of hydrogen-bond acceptors (Lipinski definition) is 4. The number of amides is 1. The van der Waals surface area contributed by atoms with Crippen LogP contribution in [0.4, 0.5) is 11.4 Å². The smallest absolute Gasteiger partial charge is 0.261 e. The van der Waals surface area contributed by atoms with Gasteiger partial charge in [0, 0.05) is 13.1 Å². The zero-order valence-electron chi connectivity index (χ0n) is 13.1. The first-order chi connectivity index (χ1) is 10.7. The monoisotopic (exact) mass is 299 g/mol. The van der Waals surface area contributed by atoms with Crippen LogP contribution in [0.1, 0.15) is 41.6 Å². The number of anilines is 2. The minimum Gasteiger partial charge on any atom is -0.370 e. The summed E-state index contributed by atoms with van der Waals surface area (Å²) in [6.45, 7) is 5.82. The van der Waals surface area contributed by atoms with Gasteiger partial charge in [-0.25, -0.2) is 0 Å². The van der Waals surface area contributed by atoms with E-state index < -0.39 is 0 Å². The van der Waals surface area contributed by atoms with Gasteiger partial charge in [-0.3, -0.25) is 4.79 Å². The zero-order valence-corrected chi connectivity index (χ0v) is 13.1. The van der Waals surface area contributed by atoms with Crippen LogP contribution in [-0.2, 0) is 6.42 Å².